The molecule has 0 aromatic heterocycles. The third-order valence-electron chi connectivity index (χ3n) is 3.04. The van der Waals surface area contributed by atoms with E-state index in [9.17, 15) is 0 Å². The fourth-order valence-corrected chi connectivity index (χ4v) is 2.27. The van der Waals surface area contributed by atoms with E-state index in [1.165, 1.54) is 25.8 Å². The van der Waals surface area contributed by atoms with E-state index in [0.717, 1.165) is 26.1 Å². The van der Waals surface area contributed by atoms with Crippen LogP contribution in [0.1, 0.15) is 25.7 Å². The molecule has 2 saturated heterocycles. The van der Waals surface area contributed by atoms with E-state index in [2.05, 4.69) is 4.90 Å². The van der Waals surface area contributed by atoms with Crippen LogP contribution in [0.3, 0.4) is 0 Å². The molecule has 3 heteroatoms. The Bertz CT molecular complexity index is 154. The van der Waals surface area contributed by atoms with Crippen molar-refractivity contribution in [3.8, 4) is 0 Å². The SMILES string of the molecule is NC1CCN(CC2CCCCO2)C1. The number of likely N-dealkylation sites (tertiary alicyclic amines) is 1. The fourth-order valence-electron chi connectivity index (χ4n) is 2.27. The van der Waals surface area contributed by atoms with Gasteiger partial charge in [-0.2, -0.15) is 0 Å². The van der Waals surface area contributed by atoms with Crippen LogP contribution in [0, 0.1) is 0 Å². The zero-order chi connectivity index (χ0) is 9.10. The Hall–Kier alpha value is -0.120. The van der Waals surface area contributed by atoms with Gasteiger partial charge in [0.2, 0.25) is 0 Å². The maximum atomic E-state index is 5.85. The van der Waals surface area contributed by atoms with Crippen molar-refractivity contribution in [2.75, 3.05) is 26.2 Å². The molecule has 0 radical (unpaired) electrons. The highest BCUT2D eigenvalue weighted by atomic mass is 16.5. The first-order valence-electron chi connectivity index (χ1n) is 5.44. The summed E-state index contributed by atoms with van der Waals surface area (Å²) in [5.74, 6) is 0. The summed E-state index contributed by atoms with van der Waals surface area (Å²) >= 11 is 0. The van der Waals surface area contributed by atoms with E-state index in [0.29, 0.717) is 12.1 Å². The summed E-state index contributed by atoms with van der Waals surface area (Å²) in [6.45, 7) is 4.30. The molecule has 2 aliphatic rings. The third-order valence-corrected chi connectivity index (χ3v) is 3.04. The highest BCUT2D eigenvalue weighted by Crippen LogP contribution is 2.16. The van der Waals surface area contributed by atoms with Crippen molar-refractivity contribution in [2.24, 2.45) is 5.73 Å². The van der Waals surface area contributed by atoms with Gasteiger partial charge >= 0.3 is 0 Å². The molecule has 2 N–H and O–H groups in total. The molecule has 0 spiro atoms. The summed E-state index contributed by atoms with van der Waals surface area (Å²) in [7, 11) is 0. The Morgan fingerprint density at radius 3 is 2.85 bits per heavy atom. The monoisotopic (exact) mass is 184 g/mol. The maximum Gasteiger partial charge on any atom is 0.0702 e. The largest absolute Gasteiger partial charge is 0.377 e. The maximum absolute atomic E-state index is 5.85. The minimum atomic E-state index is 0.406. The van der Waals surface area contributed by atoms with Crippen LogP contribution in [-0.2, 0) is 4.74 Å². The molecule has 2 fully saturated rings. The zero-order valence-electron chi connectivity index (χ0n) is 8.24. The Morgan fingerprint density at radius 2 is 2.23 bits per heavy atom. The summed E-state index contributed by atoms with van der Waals surface area (Å²) < 4.78 is 5.69. The minimum Gasteiger partial charge on any atom is -0.377 e. The molecule has 0 bridgehead atoms. The van der Waals surface area contributed by atoms with Crippen LogP contribution in [0.5, 0.6) is 0 Å². The summed E-state index contributed by atoms with van der Waals surface area (Å²) in [6.07, 6.45) is 5.47. The molecule has 0 aromatic rings. The average molecular weight is 184 g/mol. The quantitative estimate of drug-likeness (QED) is 0.682. The third kappa shape index (κ3) is 2.66. The number of nitrogens with two attached hydrogens (primary N) is 1. The van der Waals surface area contributed by atoms with Crippen molar-refractivity contribution in [3.05, 3.63) is 0 Å². The molecule has 2 rings (SSSR count). The van der Waals surface area contributed by atoms with Gasteiger partial charge in [-0.05, 0) is 32.2 Å². The normalized spacial score (nSPS) is 36.7. The van der Waals surface area contributed by atoms with E-state index in [1.807, 2.05) is 0 Å². The molecule has 13 heavy (non-hydrogen) atoms. The van der Waals surface area contributed by atoms with Crippen LogP contribution in [0.2, 0.25) is 0 Å². The Labute approximate surface area is 80.2 Å². The Balaban J connectivity index is 1.71. The second-order valence-electron chi connectivity index (χ2n) is 4.30. The number of hydrogen-bond donors (Lipinski definition) is 1. The second kappa shape index (κ2) is 4.40. The lowest BCUT2D eigenvalue weighted by molar-refractivity contribution is -0.00198. The molecule has 2 unspecified atom stereocenters. The van der Waals surface area contributed by atoms with Crippen LogP contribution in [-0.4, -0.2) is 43.3 Å². The number of nitrogens with zero attached hydrogens (tertiary/aromatic N) is 1. The summed E-state index contributed by atoms with van der Waals surface area (Å²) in [4.78, 5) is 2.45. The number of ether oxygens (including phenoxy) is 1. The predicted octanol–water partition coefficient (Wildman–Crippen LogP) is 0.588. The molecule has 2 heterocycles. The van der Waals surface area contributed by atoms with Crippen molar-refractivity contribution < 1.29 is 4.74 Å². The van der Waals surface area contributed by atoms with Gasteiger partial charge in [-0.25, -0.2) is 0 Å². The van der Waals surface area contributed by atoms with Crippen molar-refractivity contribution in [2.45, 2.75) is 37.8 Å². The molecule has 76 valence electrons. The summed E-state index contributed by atoms with van der Waals surface area (Å²) in [5.41, 5.74) is 5.85. The van der Waals surface area contributed by atoms with Crippen LogP contribution >= 0.6 is 0 Å². The lowest BCUT2D eigenvalue weighted by atomic mass is 10.1. The first-order chi connectivity index (χ1) is 6.34. The van der Waals surface area contributed by atoms with E-state index in [4.69, 9.17) is 10.5 Å². The smallest absolute Gasteiger partial charge is 0.0702 e. The first kappa shape index (κ1) is 9.44. The van der Waals surface area contributed by atoms with Crippen LogP contribution in [0.25, 0.3) is 0 Å². The standard InChI is InChI=1S/C10H20N2O/c11-9-4-5-12(7-9)8-10-3-1-2-6-13-10/h9-10H,1-8,11H2. The molecular weight excluding hydrogens is 164 g/mol. The van der Waals surface area contributed by atoms with E-state index >= 15 is 0 Å². The highest BCUT2D eigenvalue weighted by molar-refractivity contribution is 4.80. The van der Waals surface area contributed by atoms with Gasteiger partial charge in [0.25, 0.3) is 0 Å². The molecule has 2 atom stereocenters. The van der Waals surface area contributed by atoms with Crippen molar-refractivity contribution in [1.29, 1.82) is 0 Å². The molecular formula is C10H20N2O. The van der Waals surface area contributed by atoms with Gasteiger partial charge in [-0.15, -0.1) is 0 Å². The van der Waals surface area contributed by atoms with Crippen molar-refractivity contribution >= 4 is 0 Å². The predicted molar refractivity (Wildman–Crippen MR) is 52.6 cm³/mol. The van der Waals surface area contributed by atoms with Crippen LogP contribution < -0.4 is 5.73 Å². The molecule has 0 aromatic carbocycles. The number of rotatable bonds is 2. The molecule has 3 nitrogen and oxygen atoms in total. The lowest BCUT2D eigenvalue weighted by Gasteiger charge is -2.27. The lowest BCUT2D eigenvalue weighted by Crippen LogP contribution is -2.35. The topological polar surface area (TPSA) is 38.5 Å². The summed E-state index contributed by atoms with van der Waals surface area (Å²) in [6, 6.07) is 0.406. The van der Waals surface area contributed by atoms with Crippen molar-refractivity contribution in [3.63, 3.8) is 0 Å². The highest BCUT2D eigenvalue weighted by Gasteiger charge is 2.23. The van der Waals surface area contributed by atoms with Gasteiger partial charge in [0.15, 0.2) is 0 Å². The van der Waals surface area contributed by atoms with E-state index in [-0.39, 0.29) is 0 Å². The molecule has 0 aliphatic carbocycles. The average Bonchev–Trinajstić information content (AvgIpc) is 2.53. The molecule has 2 aliphatic heterocycles. The van der Waals surface area contributed by atoms with E-state index in [1.54, 1.807) is 0 Å². The Kier molecular flexibility index (Phi) is 3.19. The van der Waals surface area contributed by atoms with Gasteiger partial charge in [-0.3, -0.25) is 4.90 Å². The number of hydrogen-bond acceptors (Lipinski definition) is 3. The van der Waals surface area contributed by atoms with Crippen molar-refractivity contribution in [1.82, 2.24) is 4.90 Å². The van der Waals surface area contributed by atoms with Gasteiger partial charge in [-0.1, -0.05) is 0 Å². The Morgan fingerprint density at radius 1 is 1.31 bits per heavy atom. The van der Waals surface area contributed by atoms with Gasteiger partial charge in [0, 0.05) is 25.7 Å². The van der Waals surface area contributed by atoms with Gasteiger partial charge in [0.05, 0.1) is 6.10 Å². The van der Waals surface area contributed by atoms with Gasteiger partial charge in [0.1, 0.15) is 0 Å². The van der Waals surface area contributed by atoms with Crippen LogP contribution in [0.15, 0.2) is 0 Å². The zero-order valence-corrected chi connectivity index (χ0v) is 8.24. The molecule has 0 amide bonds. The van der Waals surface area contributed by atoms with E-state index < -0.39 is 0 Å². The minimum absolute atomic E-state index is 0.406. The van der Waals surface area contributed by atoms with Gasteiger partial charge < -0.3 is 10.5 Å². The van der Waals surface area contributed by atoms with Crippen LogP contribution in [0.4, 0.5) is 0 Å². The summed E-state index contributed by atoms with van der Waals surface area (Å²) in [5, 5.41) is 0. The second-order valence-corrected chi connectivity index (χ2v) is 4.30. The molecule has 0 saturated carbocycles. The fraction of sp³-hybridized carbons (Fsp3) is 1.00. The first-order valence-corrected chi connectivity index (χ1v) is 5.44.